The van der Waals surface area contributed by atoms with Gasteiger partial charge in [0.1, 0.15) is 12.2 Å². The van der Waals surface area contributed by atoms with Gasteiger partial charge in [0.15, 0.2) is 17.7 Å². The van der Waals surface area contributed by atoms with Crippen LogP contribution in [0, 0.1) is 40.4 Å². The summed E-state index contributed by atoms with van der Waals surface area (Å²) in [4.78, 5) is 51.3. The van der Waals surface area contributed by atoms with E-state index in [9.17, 15) is 24.3 Å². The summed E-state index contributed by atoms with van der Waals surface area (Å²) in [5.41, 5.74) is -1.82. The Balaban J connectivity index is 1.91. The molecule has 0 amide bonds. The van der Waals surface area contributed by atoms with E-state index in [1.807, 2.05) is 20.8 Å². The molecule has 0 bridgehead atoms. The zero-order chi connectivity index (χ0) is 21.5. The van der Waals surface area contributed by atoms with Gasteiger partial charge < -0.3 is 14.6 Å². The monoisotopic (exact) mass is 406 g/mol. The first kappa shape index (κ1) is 20.5. The Morgan fingerprint density at radius 3 is 2.41 bits per heavy atom. The van der Waals surface area contributed by atoms with Crippen LogP contribution >= 0.6 is 0 Å². The largest absolute Gasteiger partial charge is 0.462 e. The number of hydrogen-bond acceptors (Lipinski definition) is 7. The average Bonchev–Trinajstić information content (AvgIpc) is 2.62. The molecule has 0 unspecified atom stereocenters. The van der Waals surface area contributed by atoms with E-state index in [1.165, 1.54) is 6.92 Å². The second-order valence-corrected chi connectivity index (χ2v) is 10.1. The minimum atomic E-state index is -1.12. The minimum Gasteiger partial charge on any atom is -0.462 e. The van der Waals surface area contributed by atoms with Gasteiger partial charge in [-0.25, -0.2) is 0 Å². The fraction of sp³-hybridized carbons (Fsp3) is 0.818. The van der Waals surface area contributed by atoms with Crippen molar-refractivity contribution in [1.82, 2.24) is 0 Å². The number of Topliss-reactive ketones (excluding diaryl/α,β-unsaturated/α-hetero) is 2. The lowest BCUT2D eigenvalue weighted by molar-refractivity contribution is -0.247. The minimum absolute atomic E-state index is 0.00402. The Hall–Kier alpha value is -1.76. The van der Waals surface area contributed by atoms with Crippen LogP contribution in [0.4, 0.5) is 0 Å². The lowest BCUT2D eigenvalue weighted by Crippen LogP contribution is -2.73. The molecule has 0 radical (unpaired) electrons. The topological polar surface area (TPSA) is 107 Å². The summed E-state index contributed by atoms with van der Waals surface area (Å²) in [7, 11) is 0. The summed E-state index contributed by atoms with van der Waals surface area (Å²) < 4.78 is 11.2. The third-order valence-electron chi connectivity index (χ3n) is 8.70. The zero-order valence-electron chi connectivity index (χ0n) is 17.6. The van der Waals surface area contributed by atoms with E-state index >= 15 is 0 Å². The maximum Gasteiger partial charge on any atom is 0.306 e. The Morgan fingerprint density at radius 1 is 1.14 bits per heavy atom. The lowest BCUT2D eigenvalue weighted by Gasteiger charge is -2.66. The number of ketones is 2. The predicted octanol–water partition coefficient (Wildman–Crippen LogP) is 1.69. The summed E-state index contributed by atoms with van der Waals surface area (Å²) in [5, 5.41) is 10.5. The highest BCUT2D eigenvalue weighted by atomic mass is 16.6. The van der Waals surface area contributed by atoms with Crippen molar-refractivity contribution in [3.8, 4) is 0 Å². The first-order valence-corrected chi connectivity index (χ1v) is 10.6. The number of carbonyl (C=O) groups excluding carboxylic acids is 4. The van der Waals surface area contributed by atoms with Gasteiger partial charge in [0.2, 0.25) is 0 Å². The second-order valence-electron chi connectivity index (χ2n) is 10.1. The molecule has 10 atom stereocenters. The van der Waals surface area contributed by atoms with Crippen LogP contribution in [0.1, 0.15) is 53.9 Å². The molecule has 1 heterocycles. The number of ether oxygens (including phenoxy) is 2. The highest BCUT2D eigenvalue weighted by Crippen LogP contribution is 2.67. The second kappa shape index (κ2) is 6.37. The molecule has 4 aliphatic rings. The van der Waals surface area contributed by atoms with Crippen LogP contribution in [0.15, 0.2) is 0 Å². The summed E-state index contributed by atoms with van der Waals surface area (Å²) in [5.74, 6) is -3.04. The summed E-state index contributed by atoms with van der Waals surface area (Å²) in [6.45, 7) is 8.80. The third kappa shape index (κ3) is 2.52. The molecule has 4 fully saturated rings. The maximum absolute atomic E-state index is 13.8. The maximum atomic E-state index is 13.8. The number of fused-ring (bicyclic) bond motifs is 2. The first-order valence-electron chi connectivity index (χ1n) is 10.6. The van der Waals surface area contributed by atoms with Crippen LogP contribution in [0.25, 0.3) is 0 Å². The first-order chi connectivity index (χ1) is 13.4. The van der Waals surface area contributed by atoms with Gasteiger partial charge in [-0.05, 0) is 30.6 Å². The lowest BCUT2D eigenvalue weighted by atomic mass is 9.38. The number of aliphatic hydroxyl groups is 1. The van der Waals surface area contributed by atoms with Crippen molar-refractivity contribution in [2.75, 3.05) is 0 Å². The van der Waals surface area contributed by atoms with Crippen LogP contribution in [-0.4, -0.2) is 46.9 Å². The van der Waals surface area contributed by atoms with E-state index in [0.29, 0.717) is 12.8 Å². The van der Waals surface area contributed by atoms with Crippen molar-refractivity contribution in [2.24, 2.45) is 40.4 Å². The molecule has 7 nitrogen and oxygen atoms in total. The third-order valence-corrected chi connectivity index (χ3v) is 8.70. The molecule has 0 spiro atoms. The standard InChI is InChI=1S/C22H30O7/c1-9-6-14(24)20(27)22(5)12(9)7-15-21(4)13(8-16(25)29-15)10(2)18(28-11(3)23)17(26)19(21)22/h9-10,12-15,18-19,24H,6-8H2,1-5H3/t9-,10-,12+,13+,14+,15-,18+,19+,21-,22+/m1/s1. The van der Waals surface area contributed by atoms with E-state index in [2.05, 4.69) is 0 Å². The molecule has 0 aromatic carbocycles. The molecule has 160 valence electrons. The zero-order valence-corrected chi connectivity index (χ0v) is 17.6. The number of hydrogen-bond donors (Lipinski definition) is 1. The van der Waals surface area contributed by atoms with Gasteiger partial charge >= 0.3 is 11.9 Å². The van der Waals surface area contributed by atoms with Crippen molar-refractivity contribution in [1.29, 1.82) is 0 Å². The Kier molecular flexibility index (Phi) is 4.50. The molecular formula is C22H30O7. The van der Waals surface area contributed by atoms with Crippen LogP contribution in [0.3, 0.4) is 0 Å². The Morgan fingerprint density at radius 2 is 1.79 bits per heavy atom. The molecule has 1 saturated heterocycles. The highest BCUT2D eigenvalue weighted by molar-refractivity contribution is 5.99. The fourth-order valence-corrected chi connectivity index (χ4v) is 7.47. The normalized spacial score (nSPS) is 51.6. The molecule has 1 N–H and O–H groups in total. The van der Waals surface area contributed by atoms with Gasteiger partial charge in [-0.2, -0.15) is 0 Å². The summed E-state index contributed by atoms with van der Waals surface area (Å²) in [6.07, 6.45) is -1.61. The van der Waals surface area contributed by atoms with Gasteiger partial charge in [0.05, 0.1) is 0 Å². The molecule has 1 aliphatic heterocycles. The number of esters is 2. The number of aliphatic hydroxyl groups excluding tert-OH is 1. The fourth-order valence-electron chi connectivity index (χ4n) is 7.47. The highest BCUT2D eigenvalue weighted by Gasteiger charge is 2.74. The number of carbonyl (C=O) groups is 4. The van der Waals surface area contributed by atoms with Crippen LogP contribution in [0.2, 0.25) is 0 Å². The van der Waals surface area contributed by atoms with Gasteiger partial charge in [0, 0.05) is 36.0 Å². The summed E-state index contributed by atoms with van der Waals surface area (Å²) in [6, 6.07) is 0. The molecule has 3 aliphatic carbocycles. The molecule has 7 heteroatoms. The van der Waals surface area contributed by atoms with E-state index in [4.69, 9.17) is 9.47 Å². The summed E-state index contributed by atoms with van der Waals surface area (Å²) >= 11 is 0. The van der Waals surface area contributed by atoms with Gasteiger partial charge in [-0.15, -0.1) is 0 Å². The van der Waals surface area contributed by atoms with Crippen molar-refractivity contribution < 1.29 is 33.8 Å². The Bertz CT molecular complexity index is 790. The van der Waals surface area contributed by atoms with E-state index in [-0.39, 0.29) is 47.6 Å². The Labute approximate surface area is 170 Å². The van der Waals surface area contributed by atoms with Crippen LogP contribution < -0.4 is 0 Å². The molecule has 4 rings (SSSR count). The van der Waals surface area contributed by atoms with E-state index in [0.717, 1.165) is 0 Å². The molecule has 0 aromatic heterocycles. The van der Waals surface area contributed by atoms with E-state index in [1.54, 1.807) is 6.92 Å². The predicted molar refractivity (Wildman–Crippen MR) is 100 cm³/mol. The molecule has 0 aromatic rings. The smallest absolute Gasteiger partial charge is 0.306 e. The van der Waals surface area contributed by atoms with Crippen molar-refractivity contribution in [2.45, 2.75) is 72.2 Å². The van der Waals surface area contributed by atoms with Gasteiger partial charge in [0.25, 0.3) is 0 Å². The van der Waals surface area contributed by atoms with Crippen molar-refractivity contribution >= 4 is 23.5 Å². The SMILES string of the molecule is CC(=O)O[C@@H]1C(=O)[C@@H]2[C@@]3(C)C(=O)[C@@H](O)C[C@@H](C)[C@@H]3C[C@H]3OC(=O)C[C@@H]([C@H]1C)[C@@]23C. The van der Waals surface area contributed by atoms with Gasteiger partial charge in [-0.1, -0.05) is 27.7 Å². The van der Waals surface area contributed by atoms with Gasteiger partial charge in [-0.3, -0.25) is 19.2 Å². The number of rotatable bonds is 1. The quantitative estimate of drug-likeness (QED) is 0.660. The molecule has 3 saturated carbocycles. The molecule has 29 heavy (non-hydrogen) atoms. The van der Waals surface area contributed by atoms with Crippen molar-refractivity contribution in [3.63, 3.8) is 0 Å². The van der Waals surface area contributed by atoms with Crippen LogP contribution in [0.5, 0.6) is 0 Å². The molecular weight excluding hydrogens is 376 g/mol. The van der Waals surface area contributed by atoms with Crippen LogP contribution in [-0.2, 0) is 28.7 Å². The average molecular weight is 406 g/mol. The van der Waals surface area contributed by atoms with Crippen molar-refractivity contribution in [3.05, 3.63) is 0 Å². The van der Waals surface area contributed by atoms with E-state index < -0.39 is 41.0 Å².